The third-order valence-electron chi connectivity index (χ3n) is 3.08. The van der Waals surface area contributed by atoms with Crippen molar-refractivity contribution in [3.05, 3.63) is 39.6 Å². The zero-order valence-electron chi connectivity index (χ0n) is 12.3. The Balaban J connectivity index is 2.42. The van der Waals surface area contributed by atoms with Crippen molar-refractivity contribution in [1.82, 2.24) is 9.97 Å². The van der Waals surface area contributed by atoms with E-state index in [0.29, 0.717) is 10.0 Å². The zero-order valence-corrected chi connectivity index (χ0v) is 13.8. The van der Waals surface area contributed by atoms with Gasteiger partial charge in [0.15, 0.2) is 0 Å². The largest absolute Gasteiger partial charge is 0.373 e. The summed E-state index contributed by atoms with van der Waals surface area (Å²) in [4.78, 5) is 9.07. The molecule has 0 bridgehead atoms. The maximum absolute atomic E-state index is 6.19. The van der Waals surface area contributed by atoms with Crippen LogP contribution in [0, 0.1) is 6.92 Å². The van der Waals surface area contributed by atoms with E-state index in [0.717, 1.165) is 41.6 Å². The number of nitrogens with zero attached hydrogens (tertiary/aromatic N) is 2. The molecule has 0 aliphatic carbocycles. The second kappa shape index (κ2) is 6.96. The minimum absolute atomic E-state index is 0.598. The van der Waals surface area contributed by atoms with E-state index in [9.17, 15) is 0 Å². The monoisotopic (exact) mass is 324 g/mol. The number of anilines is 3. The van der Waals surface area contributed by atoms with Crippen LogP contribution in [0.1, 0.15) is 24.7 Å². The Morgan fingerprint density at radius 1 is 1.14 bits per heavy atom. The molecular weight excluding hydrogens is 307 g/mol. The van der Waals surface area contributed by atoms with Gasteiger partial charge in [-0.1, -0.05) is 30.1 Å². The molecular formula is C15H18Cl2N4. The first-order valence-electron chi connectivity index (χ1n) is 6.82. The van der Waals surface area contributed by atoms with Gasteiger partial charge in [0, 0.05) is 24.1 Å². The molecule has 0 spiro atoms. The van der Waals surface area contributed by atoms with Gasteiger partial charge in [0.25, 0.3) is 0 Å². The molecule has 2 aromatic rings. The lowest BCUT2D eigenvalue weighted by Crippen LogP contribution is -2.07. The summed E-state index contributed by atoms with van der Waals surface area (Å²) >= 11 is 12.2. The Kier molecular flexibility index (Phi) is 5.26. The molecule has 1 aromatic heterocycles. The van der Waals surface area contributed by atoms with E-state index >= 15 is 0 Å². The second-order valence-electron chi connectivity index (χ2n) is 4.71. The Labute approximate surface area is 134 Å². The van der Waals surface area contributed by atoms with Crippen molar-refractivity contribution in [3.63, 3.8) is 0 Å². The van der Waals surface area contributed by atoms with Crippen molar-refractivity contribution in [1.29, 1.82) is 0 Å². The van der Waals surface area contributed by atoms with Crippen molar-refractivity contribution in [3.8, 4) is 0 Å². The van der Waals surface area contributed by atoms with Gasteiger partial charge in [0.2, 0.25) is 0 Å². The summed E-state index contributed by atoms with van der Waals surface area (Å²) in [7, 11) is 1.85. The predicted molar refractivity (Wildman–Crippen MR) is 90.1 cm³/mol. The summed E-state index contributed by atoms with van der Waals surface area (Å²) in [6.45, 7) is 4.06. The van der Waals surface area contributed by atoms with Crippen LogP contribution in [-0.4, -0.2) is 17.0 Å². The molecule has 21 heavy (non-hydrogen) atoms. The van der Waals surface area contributed by atoms with Gasteiger partial charge in [-0.2, -0.15) is 0 Å². The molecule has 1 heterocycles. The molecule has 0 radical (unpaired) electrons. The summed E-state index contributed by atoms with van der Waals surface area (Å²) < 4.78 is 0. The molecule has 0 unspecified atom stereocenters. The first-order chi connectivity index (χ1) is 10.0. The van der Waals surface area contributed by atoms with E-state index in [1.165, 1.54) is 0 Å². The molecule has 0 aliphatic rings. The lowest BCUT2D eigenvalue weighted by molar-refractivity contribution is 0.835. The van der Waals surface area contributed by atoms with Gasteiger partial charge in [-0.25, -0.2) is 9.97 Å². The standard InChI is InChI=1S/C15H18Cl2N4/c1-4-5-13-20-14(18-3)9(2)15(21-13)19-12-8-10(16)6-7-11(12)17/h6-8H,4-5H2,1-3H3,(H2,18,19,20,21). The third kappa shape index (κ3) is 3.77. The summed E-state index contributed by atoms with van der Waals surface area (Å²) in [6, 6.07) is 5.29. The maximum atomic E-state index is 6.19. The predicted octanol–water partition coefficient (Wildman–Crippen LogP) is 4.83. The minimum atomic E-state index is 0.598. The Morgan fingerprint density at radius 2 is 1.86 bits per heavy atom. The van der Waals surface area contributed by atoms with Crippen molar-refractivity contribution in [2.75, 3.05) is 17.7 Å². The van der Waals surface area contributed by atoms with Crippen LogP contribution in [-0.2, 0) is 6.42 Å². The van der Waals surface area contributed by atoms with Gasteiger partial charge in [-0.15, -0.1) is 0 Å². The maximum Gasteiger partial charge on any atom is 0.139 e. The zero-order chi connectivity index (χ0) is 15.4. The Morgan fingerprint density at radius 3 is 2.52 bits per heavy atom. The minimum Gasteiger partial charge on any atom is -0.373 e. The fourth-order valence-corrected chi connectivity index (χ4v) is 2.32. The summed E-state index contributed by atoms with van der Waals surface area (Å²) in [5.41, 5.74) is 1.67. The van der Waals surface area contributed by atoms with E-state index in [1.54, 1.807) is 18.2 Å². The van der Waals surface area contributed by atoms with Crippen molar-refractivity contribution < 1.29 is 0 Å². The number of benzene rings is 1. The highest BCUT2D eigenvalue weighted by molar-refractivity contribution is 6.35. The number of rotatable bonds is 5. The number of halogens is 2. The quantitative estimate of drug-likeness (QED) is 0.827. The molecule has 0 aliphatic heterocycles. The summed E-state index contributed by atoms with van der Waals surface area (Å²) in [5.74, 6) is 2.35. The van der Waals surface area contributed by atoms with Crippen LogP contribution in [0.5, 0.6) is 0 Å². The molecule has 6 heteroatoms. The number of nitrogens with one attached hydrogen (secondary N) is 2. The van der Waals surface area contributed by atoms with Crippen LogP contribution in [0.3, 0.4) is 0 Å². The number of aryl methyl sites for hydroxylation is 1. The van der Waals surface area contributed by atoms with E-state index < -0.39 is 0 Å². The highest BCUT2D eigenvalue weighted by Crippen LogP contribution is 2.30. The van der Waals surface area contributed by atoms with Crippen LogP contribution in [0.2, 0.25) is 10.0 Å². The lowest BCUT2D eigenvalue weighted by Gasteiger charge is -2.14. The first kappa shape index (κ1) is 15.9. The van der Waals surface area contributed by atoms with Gasteiger partial charge in [0.1, 0.15) is 17.5 Å². The molecule has 112 valence electrons. The SMILES string of the molecule is CCCc1nc(NC)c(C)c(Nc2cc(Cl)ccc2Cl)n1. The van der Waals surface area contributed by atoms with E-state index in [-0.39, 0.29) is 0 Å². The molecule has 0 atom stereocenters. The van der Waals surface area contributed by atoms with E-state index in [4.69, 9.17) is 23.2 Å². The van der Waals surface area contributed by atoms with Crippen LogP contribution in [0.4, 0.5) is 17.3 Å². The first-order valence-corrected chi connectivity index (χ1v) is 7.58. The molecule has 2 rings (SSSR count). The molecule has 0 amide bonds. The normalized spacial score (nSPS) is 10.5. The van der Waals surface area contributed by atoms with Gasteiger partial charge in [-0.3, -0.25) is 0 Å². The van der Waals surface area contributed by atoms with Crippen LogP contribution >= 0.6 is 23.2 Å². The number of aromatic nitrogens is 2. The second-order valence-corrected chi connectivity index (χ2v) is 5.55. The fourth-order valence-electron chi connectivity index (χ4n) is 1.98. The molecule has 0 saturated carbocycles. The number of hydrogen-bond donors (Lipinski definition) is 2. The van der Waals surface area contributed by atoms with Gasteiger partial charge in [-0.05, 0) is 31.5 Å². The topological polar surface area (TPSA) is 49.8 Å². The molecule has 2 N–H and O–H groups in total. The van der Waals surface area contributed by atoms with Crippen molar-refractivity contribution >= 4 is 40.5 Å². The third-order valence-corrected chi connectivity index (χ3v) is 3.65. The van der Waals surface area contributed by atoms with Crippen LogP contribution in [0.15, 0.2) is 18.2 Å². The summed E-state index contributed by atoms with van der Waals surface area (Å²) in [6.07, 6.45) is 1.82. The molecule has 4 nitrogen and oxygen atoms in total. The van der Waals surface area contributed by atoms with Gasteiger partial charge >= 0.3 is 0 Å². The van der Waals surface area contributed by atoms with E-state index in [2.05, 4.69) is 27.5 Å². The van der Waals surface area contributed by atoms with Gasteiger partial charge < -0.3 is 10.6 Å². The van der Waals surface area contributed by atoms with Crippen molar-refractivity contribution in [2.24, 2.45) is 0 Å². The number of hydrogen-bond acceptors (Lipinski definition) is 4. The van der Waals surface area contributed by atoms with Crippen LogP contribution < -0.4 is 10.6 Å². The average molecular weight is 325 g/mol. The van der Waals surface area contributed by atoms with Crippen LogP contribution in [0.25, 0.3) is 0 Å². The lowest BCUT2D eigenvalue weighted by atomic mass is 10.2. The molecule has 1 aromatic carbocycles. The average Bonchev–Trinajstić information content (AvgIpc) is 2.46. The highest BCUT2D eigenvalue weighted by atomic mass is 35.5. The van der Waals surface area contributed by atoms with Gasteiger partial charge in [0.05, 0.1) is 10.7 Å². The van der Waals surface area contributed by atoms with Crippen molar-refractivity contribution in [2.45, 2.75) is 26.7 Å². The summed E-state index contributed by atoms with van der Waals surface area (Å²) in [5, 5.41) is 7.56. The smallest absolute Gasteiger partial charge is 0.139 e. The highest BCUT2D eigenvalue weighted by Gasteiger charge is 2.11. The Hall–Kier alpha value is -1.52. The molecule has 0 fully saturated rings. The molecule has 0 saturated heterocycles. The fraction of sp³-hybridized carbons (Fsp3) is 0.333. The Bertz CT molecular complexity index is 644. The van der Waals surface area contributed by atoms with E-state index in [1.807, 2.05) is 14.0 Å².